The number of ether oxygens (including phenoxy) is 2. The number of amides is 1. The Morgan fingerprint density at radius 1 is 1.03 bits per heavy atom. The molecule has 2 rings (SSSR count). The maximum absolute atomic E-state index is 12.7. The minimum absolute atomic E-state index is 0.0496. The lowest BCUT2D eigenvalue weighted by atomic mass is 10.0. The zero-order valence-electron chi connectivity index (χ0n) is 18.0. The highest BCUT2D eigenvalue weighted by Gasteiger charge is 2.30. The Labute approximate surface area is 183 Å². The standard InChI is InChI=1S/C23H30NO6P/c1-24(23(26)30-17-20-11-7-4-8-12-20)15-16-31(27,28)18-21(22(25)29-2)14-13-19-9-5-3-6-10-19/h3-12,21H,13-18H2,1-2H3,(H,27,28). The lowest BCUT2D eigenvalue weighted by molar-refractivity contribution is -0.144. The molecule has 0 aliphatic heterocycles. The van der Waals surface area contributed by atoms with Crippen LogP contribution >= 0.6 is 7.37 Å². The number of rotatable bonds is 11. The molecule has 31 heavy (non-hydrogen) atoms. The van der Waals surface area contributed by atoms with Gasteiger partial charge in [-0.05, 0) is 24.0 Å². The highest BCUT2D eigenvalue weighted by atomic mass is 31.2. The van der Waals surface area contributed by atoms with E-state index in [1.54, 1.807) is 0 Å². The highest BCUT2D eigenvalue weighted by molar-refractivity contribution is 7.58. The van der Waals surface area contributed by atoms with Gasteiger partial charge in [0, 0.05) is 25.9 Å². The van der Waals surface area contributed by atoms with E-state index in [2.05, 4.69) is 0 Å². The molecule has 1 amide bonds. The van der Waals surface area contributed by atoms with Crippen LogP contribution in [-0.4, -0.2) is 54.9 Å². The lowest BCUT2D eigenvalue weighted by Gasteiger charge is -2.22. The van der Waals surface area contributed by atoms with Crippen LogP contribution < -0.4 is 0 Å². The lowest BCUT2D eigenvalue weighted by Crippen LogP contribution is -2.31. The molecular weight excluding hydrogens is 417 g/mol. The van der Waals surface area contributed by atoms with Gasteiger partial charge in [0.25, 0.3) is 0 Å². The van der Waals surface area contributed by atoms with Gasteiger partial charge in [-0.25, -0.2) is 4.79 Å². The van der Waals surface area contributed by atoms with Crippen molar-refractivity contribution < 1.29 is 28.5 Å². The topological polar surface area (TPSA) is 93.1 Å². The molecule has 0 aliphatic carbocycles. The SMILES string of the molecule is COC(=O)C(CCc1ccccc1)CP(=O)(O)CCN(C)C(=O)OCc1ccccc1. The third kappa shape index (κ3) is 8.95. The Morgan fingerprint density at radius 3 is 2.19 bits per heavy atom. The van der Waals surface area contributed by atoms with Crippen LogP contribution in [0.1, 0.15) is 17.5 Å². The van der Waals surface area contributed by atoms with Crippen LogP contribution in [-0.2, 0) is 31.9 Å². The molecule has 0 bridgehead atoms. The predicted molar refractivity (Wildman–Crippen MR) is 119 cm³/mol. The summed E-state index contributed by atoms with van der Waals surface area (Å²) in [5.74, 6) is -1.18. The molecular formula is C23H30NO6P. The fourth-order valence-corrected chi connectivity index (χ4v) is 4.91. The monoisotopic (exact) mass is 447 g/mol. The van der Waals surface area contributed by atoms with Crippen molar-refractivity contribution in [3.63, 3.8) is 0 Å². The van der Waals surface area contributed by atoms with E-state index in [0.717, 1.165) is 11.1 Å². The molecule has 0 spiro atoms. The molecule has 0 fully saturated rings. The molecule has 168 valence electrons. The summed E-state index contributed by atoms with van der Waals surface area (Å²) in [6.45, 7) is 0.179. The van der Waals surface area contributed by atoms with Crippen molar-refractivity contribution in [2.24, 2.45) is 5.92 Å². The molecule has 1 N–H and O–H groups in total. The minimum Gasteiger partial charge on any atom is -0.469 e. The molecule has 0 aromatic heterocycles. The zero-order valence-corrected chi connectivity index (χ0v) is 18.9. The van der Waals surface area contributed by atoms with Gasteiger partial charge in [0.15, 0.2) is 0 Å². The summed E-state index contributed by atoms with van der Waals surface area (Å²) in [5.41, 5.74) is 1.90. The molecule has 0 saturated heterocycles. The van der Waals surface area contributed by atoms with E-state index < -0.39 is 25.3 Å². The predicted octanol–water partition coefficient (Wildman–Crippen LogP) is 3.95. The van der Waals surface area contributed by atoms with Gasteiger partial charge in [0.2, 0.25) is 7.37 Å². The molecule has 7 nitrogen and oxygen atoms in total. The Kier molecular flexibility index (Phi) is 9.76. The van der Waals surface area contributed by atoms with Gasteiger partial charge in [0.1, 0.15) is 6.61 Å². The van der Waals surface area contributed by atoms with Crippen molar-refractivity contribution in [2.75, 3.05) is 33.0 Å². The summed E-state index contributed by atoms with van der Waals surface area (Å²) in [6.07, 6.45) is 0.141. The Hall–Kier alpha value is -2.63. The number of nitrogens with zero attached hydrogens (tertiary/aromatic N) is 1. The Bertz CT molecular complexity index is 874. The number of esters is 1. The maximum atomic E-state index is 12.7. The van der Waals surface area contributed by atoms with Crippen LogP contribution in [0.2, 0.25) is 0 Å². The summed E-state index contributed by atoms with van der Waals surface area (Å²) >= 11 is 0. The molecule has 0 aliphatic rings. The molecule has 0 radical (unpaired) electrons. The second kappa shape index (κ2) is 12.3. The van der Waals surface area contributed by atoms with Crippen LogP contribution in [0.4, 0.5) is 4.79 Å². The van der Waals surface area contributed by atoms with Crippen molar-refractivity contribution in [3.8, 4) is 0 Å². The zero-order chi connectivity index (χ0) is 22.7. The van der Waals surface area contributed by atoms with Crippen molar-refractivity contribution in [1.29, 1.82) is 0 Å². The van der Waals surface area contributed by atoms with Crippen LogP contribution in [0, 0.1) is 5.92 Å². The number of carbonyl (C=O) groups excluding carboxylic acids is 2. The van der Waals surface area contributed by atoms with Crippen molar-refractivity contribution in [2.45, 2.75) is 19.4 Å². The second-order valence-electron chi connectivity index (χ2n) is 7.46. The summed E-state index contributed by atoms with van der Waals surface area (Å²) in [6, 6.07) is 18.9. The quantitative estimate of drug-likeness (QED) is 0.414. The first-order chi connectivity index (χ1) is 14.8. The van der Waals surface area contributed by atoms with E-state index in [0.29, 0.717) is 12.8 Å². The van der Waals surface area contributed by atoms with Gasteiger partial charge in [-0.15, -0.1) is 0 Å². The molecule has 2 aromatic carbocycles. The molecule has 0 heterocycles. The average Bonchev–Trinajstić information content (AvgIpc) is 2.79. The molecule has 0 saturated carbocycles. The van der Waals surface area contributed by atoms with Crippen molar-refractivity contribution in [1.82, 2.24) is 4.90 Å². The summed E-state index contributed by atoms with van der Waals surface area (Å²) in [7, 11) is -0.869. The van der Waals surface area contributed by atoms with Gasteiger partial charge in [-0.1, -0.05) is 60.7 Å². The van der Waals surface area contributed by atoms with E-state index in [9.17, 15) is 19.0 Å². The highest BCUT2D eigenvalue weighted by Crippen LogP contribution is 2.43. The van der Waals surface area contributed by atoms with Gasteiger partial charge in [-0.3, -0.25) is 9.36 Å². The van der Waals surface area contributed by atoms with Gasteiger partial charge < -0.3 is 19.3 Å². The van der Waals surface area contributed by atoms with E-state index in [4.69, 9.17) is 9.47 Å². The largest absolute Gasteiger partial charge is 0.469 e. The van der Waals surface area contributed by atoms with E-state index >= 15 is 0 Å². The van der Waals surface area contributed by atoms with Gasteiger partial charge in [0.05, 0.1) is 13.0 Å². The molecule has 2 unspecified atom stereocenters. The van der Waals surface area contributed by atoms with E-state index in [-0.39, 0.29) is 25.5 Å². The number of methoxy groups -OCH3 is 1. The first kappa shape index (κ1) is 24.6. The van der Waals surface area contributed by atoms with E-state index in [1.807, 2.05) is 60.7 Å². The average molecular weight is 447 g/mol. The number of benzene rings is 2. The Balaban J connectivity index is 1.84. The fraction of sp³-hybridized carbons (Fsp3) is 0.391. The minimum atomic E-state index is -3.66. The van der Waals surface area contributed by atoms with Gasteiger partial charge in [-0.2, -0.15) is 0 Å². The smallest absolute Gasteiger partial charge is 0.409 e. The first-order valence-electron chi connectivity index (χ1n) is 10.1. The van der Waals surface area contributed by atoms with Gasteiger partial charge >= 0.3 is 12.1 Å². The first-order valence-corrected chi connectivity index (χ1v) is 12.2. The van der Waals surface area contributed by atoms with E-state index in [1.165, 1.54) is 19.1 Å². The van der Waals surface area contributed by atoms with Crippen molar-refractivity contribution in [3.05, 3.63) is 71.8 Å². The van der Waals surface area contributed by atoms with Crippen molar-refractivity contribution >= 4 is 19.4 Å². The summed E-state index contributed by atoms with van der Waals surface area (Å²) < 4.78 is 22.8. The van der Waals surface area contributed by atoms with Crippen LogP contribution in [0.15, 0.2) is 60.7 Å². The van der Waals surface area contributed by atoms with Crippen LogP contribution in [0.5, 0.6) is 0 Å². The number of hydrogen-bond acceptors (Lipinski definition) is 5. The Morgan fingerprint density at radius 2 is 1.61 bits per heavy atom. The third-order valence-corrected chi connectivity index (χ3v) is 6.88. The number of hydrogen-bond donors (Lipinski definition) is 1. The fourth-order valence-electron chi connectivity index (χ4n) is 3.10. The normalized spacial score (nSPS) is 13.6. The summed E-state index contributed by atoms with van der Waals surface area (Å²) in [4.78, 5) is 36.0. The number of carbonyl (C=O) groups is 2. The maximum Gasteiger partial charge on any atom is 0.409 e. The second-order valence-corrected chi connectivity index (χ2v) is 9.96. The van der Waals surface area contributed by atoms with Crippen LogP contribution in [0.25, 0.3) is 0 Å². The third-order valence-electron chi connectivity index (χ3n) is 4.97. The molecule has 2 aromatic rings. The van der Waals surface area contributed by atoms with Crippen LogP contribution in [0.3, 0.4) is 0 Å². The molecule has 8 heteroatoms. The number of aryl methyl sites for hydroxylation is 1. The summed E-state index contributed by atoms with van der Waals surface area (Å²) in [5, 5.41) is 0. The molecule has 2 atom stereocenters.